The third-order valence-corrected chi connectivity index (χ3v) is 4.58. The van der Waals surface area contributed by atoms with Crippen LogP contribution >= 0.6 is 0 Å². The molecule has 4 rings (SSSR count). The molecule has 3 aromatic carbocycles. The summed E-state index contributed by atoms with van der Waals surface area (Å²) in [4.78, 5) is 0. The van der Waals surface area contributed by atoms with Crippen LogP contribution in [0, 0.1) is 5.92 Å². The Bertz CT molecular complexity index is 798. The topological polar surface area (TPSA) is 0 Å². The maximum absolute atomic E-state index is 4.33. The molecule has 102 valence electrons. The molecule has 0 saturated heterocycles. The molecule has 0 aliphatic heterocycles. The number of hydrogen-bond acceptors (Lipinski definition) is 0. The van der Waals surface area contributed by atoms with Crippen LogP contribution < -0.4 is 0 Å². The predicted octanol–water partition coefficient (Wildman–Crippen LogP) is 5.66. The fourth-order valence-corrected chi connectivity index (χ4v) is 3.25. The van der Waals surface area contributed by atoms with E-state index >= 15 is 0 Å². The number of fused-ring (bicyclic) bond motifs is 1. The van der Waals surface area contributed by atoms with Gasteiger partial charge in [0.05, 0.1) is 0 Å². The number of hydrogen-bond donors (Lipinski definition) is 0. The molecule has 2 atom stereocenters. The first-order chi connectivity index (χ1) is 10.3. The van der Waals surface area contributed by atoms with E-state index in [-0.39, 0.29) is 0 Å². The smallest absolute Gasteiger partial charge is 0.00866 e. The summed E-state index contributed by atoms with van der Waals surface area (Å²) in [5.74, 6) is 1.25. The molecule has 21 heavy (non-hydrogen) atoms. The summed E-state index contributed by atoms with van der Waals surface area (Å²) in [5, 5.41) is 2.66. The van der Waals surface area contributed by atoms with Gasteiger partial charge in [0, 0.05) is 0 Å². The van der Waals surface area contributed by atoms with Crippen LogP contribution in [-0.4, -0.2) is 0 Å². The third kappa shape index (κ3) is 2.27. The van der Waals surface area contributed by atoms with Gasteiger partial charge in [-0.3, -0.25) is 0 Å². The number of allylic oxidation sites excluding steroid dienone is 1. The van der Waals surface area contributed by atoms with Gasteiger partial charge in [0.25, 0.3) is 0 Å². The highest BCUT2D eigenvalue weighted by molar-refractivity contribution is 5.83. The van der Waals surface area contributed by atoms with Crippen LogP contribution in [0.2, 0.25) is 0 Å². The van der Waals surface area contributed by atoms with Crippen molar-refractivity contribution in [1.29, 1.82) is 0 Å². The van der Waals surface area contributed by atoms with Gasteiger partial charge >= 0.3 is 0 Å². The fourth-order valence-electron chi connectivity index (χ4n) is 3.25. The zero-order chi connectivity index (χ0) is 14.2. The summed E-state index contributed by atoms with van der Waals surface area (Å²) in [7, 11) is 0. The number of benzene rings is 3. The van der Waals surface area contributed by atoms with Gasteiger partial charge in [-0.25, -0.2) is 0 Å². The van der Waals surface area contributed by atoms with Gasteiger partial charge in [0.1, 0.15) is 0 Å². The van der Waals surface area contributed by atoms with Crippen molar-refractivity contribution in [2.75, 3.05) is 0 Å². The van der Waals surface area contributed by atoms with Gasteiger partial charge in [-0.15, -0.1) is 0 Å². The standard InChI is InChI=1S/C21H18/c1-15(16-7-3-2-4-8-16)20-14-21(20)19-12-11-17-9-5-6-10-18(17)13-19/h2-13,20-21H,1,14H2/t20-,21-/m1/s1. The fraction of sp³-hybridized carbons (Fsp3) is 0.143. The van der Waals surface area contributed by atoms with Crippen molar-refractivity contribution < 1.29 is 0 Å². The third-order valence-electron chi connectivity index (χ3n) is 4.58. The van der Waals surface area contributed by atoms with E-state index in [1.165, 1.54) is 33.9 Å². The normalized spacial score (nSPS) is 20.4. The second-order valence-corrected chi connectivity index (χ2v) is 5.95. The van der Waals surface area contributed by atoms with Crippen molar-refractivity contribution in [3.05, 3.63) is 90.5 Å². The van der Waals surface area contributed by atoms with E-state index in [4.69, 9.17) is 0 Å². The van der Waals surface area contributed by atoms with Gasteiger partial charge in [0.15, 0.2) is 0 Å². The second kappa shape index (κ2) is 4.89. The van der Waals surface area contributed by atoms with Gasteiger partial charge in [-0.1, -0.05) is 79.4 Å². The molecule has 0 bridgehead atoms. The molecule has 0 aromatic heterocycles. The Kier molecular flexibility index (Phi) is 2.89. The van der Waals surface area contributed by atoms with Crippen molar-refractivity contribution in [1.82, 2.24) is 0 Å². The van der Waals surface area contributed by atoms with E-state index in [0.29, 0.717) is 11.8 Å². The molecule has 0 unspecified atom stereocenters. The van der Waals surface area contributed by atoms with Gasteiger partial charge in [-0.2, -0.15) is 0 Å². The van der Waals surface area contributed by atoms with E-state index in [1.54, 1.807) is 0 Å². The summed E-state index contributed by atoms with van der Waals surface area (Å²) in [5.41, 5.74) is 4.02. The minimum Gasteiger partial charge on any atom is -0.0949 e. The van der Waals surface area contributed by atoms with E-state index in [1.807, 2.05) is 0 Å². The molecule has 3 aromatic rings. The Morgan fingerprint density at radius 1 is 0.810 bits per heavy atom. The highest BCUT2D eigenvalue weighted by Gasteiger charge is 2.40. The maximum atomic E-state index is 4.33. The first-order valence-corrected chi connectivity index (χ1v) is 7.56. The van der Waals surface area contributed by atoms with Gasteiger partial charge < -0.3 is 0 Å². The van der Waals surface area contributed by atoms with Crippen molar-refractivity contribution in [2.24, 2.45) is 5.92 Å². The van der Waals surface area contributed by atoms with Crippen LogP contribution in [0.3, 0.4) is 0 Å². The monoisotopic (exact) mass is 270 g/mol. The van der Waals surface area contributed by atoms with Crippen LogP contribution in [0.1, 0.15) is 23.5 Å². The molecule has 1 saturated carbocycles. The first kappa shape index (κ1) is 12.4. The lowest BCUT2D eigenvalue weighted by molar-refractivity contribution is 1.03. The minimum absolute atomic E-state index is 0.605. The second-order valence-electron chi connectivity index (χ2n) is 5.95. The summed E-state index contributed by atoms with van der Waals surface area (Å²) >= 11 is 0. The summed E-state index contributed by atoms with van der Waals surface area (Å²) < 4.78 is 0. The lowest BCUT2D eigenvalue weighted by Crippen LogP contribution is -1.88. The molecule has 0 radical (unpaired) electrons. The van der Waals surface area contributed by atoms with E-state index in [0.717, 1.165) is 0 Å². The Morgan fingerprint density at radius 2 is 1.52 bits per heavy atom. The summed E-state index contributed by atoms with van der Waals surface area (Å²) in [6, 6.07) is 26.0. The molecule has 0 heterocycles. The largest absolute Gasteiger partial charge is 0.0949 e. The zero-order valence-corrected chi connectivity index (χ0v) is 12.0. The Labute approximate surface area is 125 Å². The lowest BCUT2D eigenvalue weighted by Gasteiger charge is -2.06. The van der Waals surface area contributed by atoms with Crippen molar-refractivity contribution >= 4 is 16.3 Å². The molecule has 0 N–H and O–H groups in total. The quantitative estimate of drug-likeness (QED) is 0.576. The number of rotatable bonds is 3. The molecule has 1 aliphatic rings. The highest BCUT2D eigenvalue weighted by atomic mass is 14.4. The highest BCUT2D eigenvalue weighted by Crippen LogP contribution is 2.54. The summed E-state index contributed by atoms with van der Waals surface area (Å²) in [6.07, 6.45) is 1.23. The van der Waals surface area contributed by atoms with Crippen LogP contribution in [0.4, 0.5) is 0 Å². The SMILES string of the molecule is C=C(c1ccccc1)[C@H]1C[C@@H]1c1ccc2ccccc2c1. The van der Waals surface area contributed by atoms with Crippen molar-refractivity contribution in [3.63, 3.8) is 0 Å². The van der Waals surface area contributed by atoms with Crippen LogP contribution in [0.5, 0.6) is 0 Å². The molecule has 0 amide bonds. The van der Waals surface area contributed by atoms with E-state index < -0.39 is 0 Å². The average Bonchev–Trinajstić information content (AvgIpc) is 3.35. The molecule has 1 fully saturated rings. The molecule has 0 heteroatoms. The van der Waals surface area contributed by atoms with Gasteiger partial charge in [0.2, 0.25) is 0 Å². The van der Waals surface area contributed by atoms with Gasteiger partial charge in [-0.05, 0) is 45.7 Å². The Balaban J connectivity index is 1.59. The van der Waals surface area contributed by atoms with Crippen molar-refractivity contribution in [3.8, 4) is 0 Å². The van der Waals surface area contributed by atoms with Crippen LogP contribution in [0.15, 0.2) is 79.4 Å². The molecule has 1 aliphatic carbocycles. The van der Waals surface area contributed by atoms with E-state index in [2.05, 4.69) is 79.4 Å². The van der Waals surface area contributed by atoms with Crippen molar-refractivity contribution in [2.45, 2.75) is 12.3 Å². The molecule has 0 spiro atoms. The first-order valence-electron chi connectivity index (χ1n) is 7.56. The molecular weight excluding hydrogens is 252 g/mol. The molecule has 0 nitrogen and oxygen atoms in total. The maximum Gasteiger partial charge on any atom is -0.00866 e. The Morgan fingerprint density at radius 3 is 2.33 bits per heavy atom. The van der Waals surface area contributed by atoms with E-state index in [9.17, 15) is 0 Å². The average molecular weight is 270 g/mol. The van der Waals surface area contributed by atoms with Crippen LogP contribution in [-0.2, 0) is 0 Å². The Hall–Kier alpha value is -2.34. The minimum atomic E-state index is 0.605. The molecular formula is C21H18. The summed E-state index contributed by atoms with van der Waals surface area (Å²) in [6.45, 7) is 4.33. The predicted molar refractivity (Wildman–Crippen MR) is 90.3 cm³/mol. The van der Waals surface area contributed by atoms with Crippen LogP contribution in [0.25, 0.3) is 16.3 Å². The lowest BCUT2D eigenvalue weighted by atomic mass is 9.98. The zero-order valence-electron chi connectivity index (χ0n) is 12.0.